The summed E-state index contributed by atoms with van der Waals surface area (Å²) in [6.45, 7) is 11.4. The molecule has 0 heterocycles. The molecule has 3 heteroatoms. The first-order valence-electron chi connectivity index (χ1n) is 9.21. The van der Waals surface area contributed by atoms with Crippen LogP contribution in [0.3, 0.4) is 0 Å². The van der Waals surface area contributed by atoms with E-state index in [1.165, 1.54) is 51.4 Å². The van der Waals surface area contributed by atoms with Crippen molar-refractivity contribution in [3.63, 3.8) is 0 Å². The molecule has 0 spiro atoms. The zero-order chi connectivity index (χ0) is 15.6. The topological polar surface area (TPSA) is 35.5 Å². The molecule has 0 bridgehead atoms. The van der Waals surface area contributed by atoms with E-state index >= 15 is 0 Å². The van der Waals surface area contributed by atoms with Crippen molar-refractivity contribution in [1.29, 1.82) is 0 Å². The van der Waals surface area contributed by atoms with Crippen molar-refractivity contribution in [2.24, 2.45) is 5.41 Å². The lowest BCUT2D eigenvalue weighted by Gasteiger charge is -2.41. The lowest BCUT2D eigenvalue weighted by atomic mass is 9.83. The Morgan fingerprint density at radius 3 is 2.43 bits per heavy atom. The average molecular weight is 299 g/mol. The minimum Gasteiger partial charge on any atom is -0.395 e. The molecule has 1 aliphatic carbocycles. The molecule has 1 fully saturated rings. The summed E-state index contributed by atoms with van der Waals surface area (Å²) in [5, 5.41) is 13.1. The van der Waals surface area contributed by atoms with Crippen molar-refractivity contribution >= 4 is 0 Å². The minimum atomic E-state index is 0.293. The molecule has 1 rings (SSSR count). The molecule has 0 saturated heterocycles. The lowest BCUT2D eigenvalue weighted by molar-refractivity contribution is 0.0717. The highest BCUT2D eigenvalue weighted by atomic mass is 16.3. The third-order valence-corrected chi connectivity index (χ3v) is 4.90. The van der Waals surface area contributed by atoms with Crippen LogP contribution in [0.2, 0.25) is 0 Å². The summed E-state index contributed by atoms with van der Waals surface area (Å²) in [5.74, 6) is 0. The number of aliphatic hydroxyl groups excluding tert-OH is 1. The summed E-state index contributed by atoms with van der Waals surface area (Å²) in [6.07, 6.45) is 10.5. The lowest BCUT2D eigenvalue weighted by Crippen LogP contribution is -2.48. The van der Waals surface area contributed by atoms with E-state index in [0.29, 0.717) is 18.1 Å². The van der Waals surface area contributed by atoms with Gasteiger partial charge in [0, 0.05) is 25.7 Å². The number of aliphatic hydroxyl groups is 1. The Labute approximate surface area is 132 Å². The van der Waals surface area contributed by atoms with Crippen LogP contribution in [0.1, 0.15) is 72.1 Å². The van der Waals surface area contributed by atoms with Crippen molar-refractivity contribution in [2.75, 3.05) is 32.8 Å². The Bertz CT molecular complexity index is 254. The fraction of sp³-hybridized carbons (Fsp3) is 1.00. The molecule has 21 heavy (non-hydrogen) atoms. The Hall–Kier alpha value is -0.120. The minimum absolute atomic E-state index is 0.293. The highest BCUT2D eigenvalue weighted by Gasteiger charge is 2.30. The number of nitrogens with one attached hydrogen (secondary N) is 1. The van der Waals surface area contributed by atoms with Gasteiger partial charge in [-0.3, -0.25) is 4.90 Å². The normalized spacial score (nSPS) is 19.9. The van der Waals surface area contributed by atoms with Gasteiger partial charge < -0.3 is 10.4 Å². The van der Waals surface area contributed by atoms with E-state index in [1.54, 1.807) is 0 Å². The molecule has 0 aromatic rings. The van der Waals surface area contributed by atoms with Crippen LogP contribution in [0.5, 0.6) is 0 Å². The number of hydrogen-bond acceptors (Lipinski definition) is 3. The molecule has 0 aromatic carbocycles. The van der Waals surface area contributed by atoms with E-state index in [0.717, 1.165) is 26.2 Å². The third kappa shape index (κ3) is 7.12. The maximum atomic E-state index is 9.45. The quantitative estimate of drug-likeness (QED) is 0.574. The van der Waals surface area contributed by atoms with Crippen LogP contribution >= 0.6 is 0 Å². The van der Waals surface area contributed by atoms with Gasteiger partial charge in [-0.15, -0.1) is 0 Å². The van der Waals surface area contributed by atoms with Crippen LogP contribution in [-0.4, -0.2) is 48.8 Å². The molecule has 1 aliphatic rings. The van der Waals surface area contributed by atoms with Crippen molar-refractivity contribution in [3.05, 3.63) is 0 Å². The fourth-order valence-corrected chi connectivity index (χ4v) is 3.85. The molecule has 3 nitrogen and oxygen atoms in total. The number of rotatable bonds is 11. The SMILES string of the molecule is CCCNCC(C)(CCC)CN(CCO)C1CCCCC1. The largest absolute Gasteiger partial charge is 0.395 e. The van der Waals surface area contributed by atoms with Crippen molar-refractivity contribution in [2.45, 2.75) is 78.2 Å². The number of hydrogen-bond donors (Lipinski definition) is 2. The Kier molecular flexibility index (Phi) is 9.54. The number of nitrogens with zero attached hydrogens (tertiary/aromatic N) is 1. The van der Waals surface area contributed by atoms with E-state index in [2.05, 4.69) is 31.0 Å². The highest BCUT2D eigenvalue weighted by molar-refractivity contribution is 4.85. The third-order valence-electron chi connectivity index (χ3n) is 4.90. The van der Waals surface area contributed by atoms with Gasteiger partial charge in [0.15, 0.2) is 0 Å². The first-order valence-corrected chi connectivity index (χ1v) is 9.21. The second-order valence-corrected chi connectivity index (χ2v) is 7.22. The van der Waals surface area contributed by atoms with Gasteiger partial charge >= 0.3 is 0 Å². The van der Waals surface area contributed by atoms with Gasteiger partial charge in [0.05, 0.1) is 6.61 Å². The summed E-state index contributed by atoms with van der Waals surface area (Å²) in [4.78, 5) is 2.59. The summed E-state index contributed by atoms with van der Waals surface area (Å²) >= 11 is 0. The van der Waals surface area contributed by atoms with Crippen molar-refractivity contribution in [3.8, 4) is 0 Å². The Morgan fingerprint density at radius 1 is 1.14 bits per heavy atom. The Balaban J connectivity index is 2.60. The van der Waals surface area contributed by atoms with Crippen LogP contribution in [0.15, 0.2) is 0 Å². The molecule has 2 N–H and O–H groups in total. The van der Waals surface area contributed by atoms with Gasteiger partial charge in [0.25, 0.3) is 0 Å². The first kappa shape index (κ1) is 18.9. The molecule has 0 aromatic heterocycles. The zero-order valence-electron chi connectivity index (χ0n) is 14.7. The highest BCUT2D eigenvalue weighted by Crippen LogP contribution is 2.29. The maximum absolute atomic E-state index is 9.45. The van der Waals surface area contributed by atoms with Crippen molar-refractivity contribution < 1.29 is 5.11 Å². The summed E-state index contributed by atoms with van der Waals surface area (Å²) in [5.41, 5.74) is 0.330. The van der Waals surface area contributed by atoms with Crippen LogP contribution in [0, 0.1) is 5.41 Å². The second kappa shape index (κ2) is 10.6. The summed E-state index contributed by atoms with van der Waals surface area (Å²) in [7, 11) is 0. The van der Waals surface area contributed by atoms with Gasteiger partial charge in [-0.2, -0.15) is 0 Å². The van der Waals surface area contributed by atoms with Gasteiger partial charge in [0.2, 0.25) is 0 Å². The van der Waals surface area contributed by atoms with Gasteiger partial charge in [0.1, 0.15) is 0 Å². The first-order chi connectivity index (χ1) is 10.1. The predicted octanol–water partition coefficient (Wildman–Crippen LogP) is 3.42. The van der Waals surface area contributed by atoms with Gasteiger partial charge in [-0.25, -0.2) is 0 Å². The molecular formula is C18H38N2O. The van der Waals surface area contributed by atoms with E-state index < -0.39 is 0 Å². The van der Waals surface area contributed by atoms with Crippen LogP contribution in [0.4, 0.5) is 0 Å². The van der Waals surface area contributed by atoms with E-state index in [9.17, 15) is 5.11 Å². The molecule has 0 radical (unpaired) electrons. The van der Waals surface area contributed by atoms with Crippen LogP contribution in [0.25, 0.3) is 0 Å². The second-order valence-electron chi connectivity index (χ2n) is 7.22. The molecule has 1 saturated carbocycles. The van der Waals surface area contributed by atoms with Crippen LogP contribution in [-0.2, 0) is 0 Å². The Morgan fingerprint density at radius 2 is 1.86 bits per heavy atom. The average Bonchev–Trinajstić information content (AvgIpc) is 2.48. The zero-order valence-corrected chi connectivity index (χ0v) is 14.7. The molecule has 126 valence electrons. The predicted molar refractivity (Wildman–Crippen MR) is 91.7 cm³/mol. The summed E-state index contributed by atoms with van der Waals surface area (Å²) in [6, 6.07) is 0.702. The maximum Gasteiger partial charge on any atom is 0.0558 e. The summed E-state index contributed by atoms with van der Waals surface area (Å²) < 4.78 is 0. The molecular weight excluding hydrogens is 260 g/mol. The van der Waals surface area contributed by atoms with Gasteiger partial charge in [-0.05, 0) is 37.6 Å². The monoisotopic (exact) mass is 298 g/mol. The van der Waals surface area contributed by atoms with E-state index in [1.807, 2.05) is 0 Å². The fourth-order valence-electron chi connectivity index (χ4n) is 3.85. The van der Waals surface area contributed by atoms with Crippen LogP contribution < -0.4 is 5.32 Å². The van der Waals surface area contributed by atoms with Crippen molar-refractivity contribution in [1.82, 2.24) is 10.2 Å². The molecule has 0 amide bonds. The van der Waals surface area contributed by atoms with E-state index in [4.69, 9.17) is 0 Å². The molecule has 1 atom stereocenters. The smallest absolute Gasteiger partial charge is 0.0558 e. The molecule has 1 unspecified atom stereocenters. The standard InChI is InChI=1S/C18H38N2O/c1-4-11-18(3,15-19-12-5-2)16-20(13-14-21)17-9-7-6-8-10-17/h17,19,21H,4-16H2,1-3H3. The van der Waals surface area contributed by atoms with Gasteiger partial charge in [-0.1, -0.05) is 46.5 Å². The molecule has 0 aliphatic heterocycles. The van der Waals surface area contributed by atoms with E-state index in [-0.39, 0.29) is 0 Å².